The fourth-order valence-corrected chi connectivity index (χ4v) is 3.99. The summed E-state index contributed by atoms with van der Waals surface area (Å²) in [6.45, 7) is 0. The minimum atomic E-state index is -0.344. The minimum absolute atomic E-state index is 0.182. The summed E-state index contributed by atoms with van der Waals surface area (Å²) in [5.74, 6) is 7.72. The van der Waals surface area contributed by atoms with Gasteiger partial charge in [0, 0.05) is 6.04 Å². The molecule has 1 aromatic carbocycles. The second-order valence-corrected chi connectivity index (χ2v) is 6.32. The molecule has 4 heteroatoms. The molecule has 0 bridgehead atoms. The molecule has 0 heterocycles. The number of fused-ring (bicyclic) bond motifs is 1. The van der Waals surface area contributed by atoms with E-state index in [9.17, 15) is 4.39 Å². The van der Waals surface area contributed by atoms with E-state index in [-0.39, 0.29) is 16.9 Å². The molecule has 0 aliphatic heterocycles. The number of nitrogens with one attached hydrogen (secondary N) is 1. The van der Waals surface area contributed by atoms with E-state index in [0.29, 0.717) is 5.92 Å². The van der Waals surface area contributed by atoms with Crippen LogP contribution in [0.3, 0.4) is 0 Å². The third-order valence-electron chi connectivity index (χ3n) is 4.84. The topological polar surface area (TPSA) is 38.0 Å². The van der Waals surface area contributed by atoms with Crippen molar-refractivity contribution in [3.8, 4) is 0 Å². The normalized spacial score (nSPS) is 30.8. The number of rotatable bonds is 4. The quantitative estimate of drug-likeness (QED) is 0.657. The Labute approximate surface area is 118 Å². The molecule has 2 fully saturated rings. The fourth-order valence-electron chi connectivity index (χ4n) is 3.87. The maximum absolute atomic E-state index is 13.5. The Morgan fingerprint density at radius 1 is 1.32 bits per heavy atom. The molecule has 2 aliphatic rings. The molecule has 3 N–H and O–H groups in total. The van der Waals surface area contributed by atoms with Gasteiger partial charge in [0.2, 0.25) is 0 Å². The number of hydrogen-bond donors (Lipinski definition) is 2. The summed E-state index contributed by atoms with van der Waals surface area (Å²) in [5.41, 5.74) is 3.91. The van der Waals surface area contributed by atoms with Gasteiger partial charge in [-0.3, -0.25) is 11.3 Å². The van der Waals surface area contributed by atoms with E-state index < -0.39 is 0 Å². The van der Waals surface area contributed by atoms with Gasteiger partial charge in [-0.15, -0.1) is 0 Å². The first-order chi connectivity index (χ1) is 9.20. The van der Waals surface area contributed by atoms with Crippen LogP contribution in [0.1, 0.15) is 31.2 Å². The predicted octanol–water partition coefficient (Wildman–Crippen LogP) is 3.29. The summed E-state index contributed by atoms with van der Waals surface area (Å²) in [4.78, 5) is 0. The van der Waals surface area contributed by atoms with E-state index in [0.717, 1.165) is 23.8 Å². The SMILES string of the molecule is NNC(Cc1ccc(Cl)c(F)c1)C1C2CCCCC21. The van der Waals surface area contributed by atoms with Crippen LogP contribution in [-0.4, -0.2) is 6.04 Å². The van der Waals surface area contributed by atoms with Crippen LogP contribution >= 0.6 is 11.6 Å². The molecule has 0 amide bonds. The van der Waals surface area contributed by atoms with Crippen LogP contribution in [0.2, 0.25) is 5.02 Å². The van der Waals surface area contributed by atoms with E-state index in [1.54, 1.807) is 6.07 Å². The number of nitrogens with two attached hydrogens (primary N) is 1. The molecule has 3 rings (SSSR count). The van der Waals surface area contributed by atoms with Crippen LogP contribution in [0, 0.1) is 23.6 Å². The van der Waals surface area contributed by atoms with Crippen LogP contribution < -0.4 is 11.3 Å². The zero-order valence-corrected chi connectivity index (χ0v) is 11.7. The molecule has 104 valence electrons. The Morgan fingerprint density at radius 3 is 2.58 bits per heavy atom. The Kier molecular flexibility index (Phi) is 3.79. The van der Waals surface area contributed by atoms with E-state index in [2.05, 4.69) is 5.43 Å². The van der Waals surface area contributed by atoms with Crippen LogP contribution in [0.5, 0.6) is 0 Å². The van der Waals surface area contributed by atoms with E-state index in [1.807, 2.05) is 6.07 Å². The average molecular weight is 283 g/mol. The number of benzene rings is 1. The van der Waals surface area contributed by atoms with Gasteiger partial charge >= 0.3 is 0 Å². The molecule has 2 nitrogen and oxygen atoms in total. The number of halogens is 2. The Morgan fingerprint density at radius 2 is 2.00 bits per heavy atom. The first kappa shape index (κ1) is 13.3. The van der Waals surface area contributed by atoms with Gasteiger partial charge in [-0.2, -0.15) is 0 Å². The molecule has 2 aliphatic carbocycles. The van der Waals surface area contributed by atoms with Crippen molar-refractivity contribution < 1.29 is 4.39 Å². The van der Waals surface area contributed by atoms with Crippen molar-refractivity contribution in [2.24, 2.45) is 23.6 Å². The molecule has 0 radical (unpaired) electrons. The van der Waals surface area contributed by atoms with Gasteiger partial charge in [0.15, 0.2) is 0 Å². The highest BCUT2D eigenvalue weighted by Crippen LogP contribution is 2.57. The Bertz CT molecular complexity index is 453. The zero-order chi connectivity index (χ0) is 13.4. The minimum Gasteiger partial charge on any atom is -0.271 e. The van der Waals surface area contributed by atoms with Crippen LogP contribution in [0.25, 0.3) is 0 Å². The molecule has 0 saturated heterocycles. The zero-order valence-electron chi connectivity index (χ0n) is 10.9. The van der Waals surface area contributed by atoms with Gasteiger partial charge in [-0.25, -0.2) is 4.39 Å². The van der Waals surface area contributed by atoms with Crippen molar-refractivity contribution in [3.05, 3.63) is 34.6 Å². The monoisotopic (exact) mass is 282 g/mol. The van der Waals surface area contributed by atoms with Crippen molar-refractivity contribution in [1.82, 2.24) is 5.43 Å². The van der Waals surface area contributed by atoms with Gasteiger partial charge in [-0.1, -0.05) is 30.5 Å². The third kappa shape index (κ3) is 2.64. The van der Waals surface area contributed by atoms with Gasteiger partial charge in [0.25, 0.3) is 0 Å². The summed E-state index contributed by atoms with van der Waals surface area (Å²) in [7, 11) is 0. The van der Waals surface area contributed by atoms with Gasteiger partial charge in [0.05, 0.1) is 5.02 Å². The molecule has 3 unspecified atom stereocenters. The van der Waals surface area contributed by atoms with Gasteiger partial charge < -0.3 is 0 Å². The van der Waals surface area contributed by atoms with E-state index in [1.165, 1.54) is 31.7 Å². The predicted molar refractivity (Wildman–Crippen MR) is 75.2 cm³/mol. The van der Waals surface area contributed by atoms with Gasteiger partial charge in [-0.05, 0) is 54.7 Å². The second-order valence-electron chi connectivity index (χ2n) is 5.92. The van der Waals surface area contributed by atoms with Gasteiger partial charge in [0.1, 0.15) is 5.82 Å². The summed E-state index contributed by atoms with van der Waals surface area (Å²) in [6, 6.07) is 5.30. The molecule has 3 atom stereocenters. The number of hydrogen-bond acceptors (Lipinski definition) is 2. The standard InChI is InChI=1S/C15H20ClFN2/c16-12-6-5-9(7-13(12)17)8-14(19-18)15-10-3-1-2-4-11(10)15/h5-7,10-11,14-15,19H,1-4,8,18H2. The smallest absolute Gasteiger partial charge is 0.142 e. The van der Waals surface area contributed by atoms with Crippen LogP contribution in [0.4, 0.5) is 4.39 Å². The van der Waals surface area contributed by atoms with E-state index >= 15 is 0 Å². The van der Waals surface area contributed by atoms with Crippen LogP contribution in [-0.2, 0) is 6.42 Å². The average Bonchev–Trinajstić information content (AvgIpc) is 3.14. The highest BCUT2D eigenvalue weighted by Gasteiger charge is 2.53. The molecule has 0 aromatic heterocycles. The summed E-state index contributed by atoms with van der Waals surface area (Å²) < 4.78 is 13.5. The van der Waals surface area contributed by atoms with Crippen molar-refractivity contribution in [2.45, 2.75) is 38.1 Å². The fraction of sp³-hybridized carbons (Fsp3) is 0.600. The Balaban J connectivity index is 1.68. The number of hydrazine groups is 1. The summed E-state index contributed by atoms with van der Waals surface area (Å²) >= 11 is 5.71. The Hall–Kier alpha value is -0.640. The molecule has 0 spiro atoms. The lowest BCUT2D eigenvalue weighted by Gasteiger charge is -2.16. The lowest BCUT2D eigenvalue weighted by Crippen LogP contribution is -2.39. The molecule has 1 aromatic rings. The van der Waals surface area contributed by atoms with Crippen LogP contribution in [0.15, 0.2) is 18.2 Å². The third-order valence-corrected chi connectivity index (χ3v) is 5.15. The molecule has 19 heavy (non-hydrogen) atoms. The van der Waals surface area contributed by atoms with Crippen molar-refractivity contribution in [1.29, 1.82) is 0 Å². The highest BCUT2D eigenvalue weighted by molar-refractivity contribution is 6.30. The van der Waals surface area contributed by atoms with E-state index in [4.69, 9.17) is 17.4 Å². The molecule has 2 saturated carbocycles. The summed E-state index contributed by atoms with van der Waals surface area (Å²) in [6.07, 6.45) is 6.16. The molecular formula is C15H20ClFN2. The summed E-state index contributed by atoms with van der Waals surface area (Å²) in [5, 5.41) is 0.182. The lowest BCUT2D eigenvalue weighted by molar-refractivity contribution is 0.436. The largest absolute Gasteiger partial charge is 0.271 e. The second kappa shape index (κ2) is 5.39. The lowest BCUT2D eigenvalue weighted by atomic mass is 10.0. The van der Waals surface area contributed by atoms with Crippen molar-refractivity contribution in [2.75, 3.05) is 0 Å². The highest BCUT2D eigenvalue weighted by atomic mass is 35.5. The van der Waals surface area contributed by atoms with Crippen molar-refractivity contribution >= 4 is 11.6 Å². The first-order valence-electron chi connectivity index (χ1n) is 7.10. The molecular weight excluding hydrogens is 263 g/mol. The van der Waals surface area contributed by atoms with Crippen molar-refractivity contribution in [3.63, 3.8) is 0 Å². The maximum atomic E-state index is 13.5. The first-order valence-corrected chi connectivity index (χ1v) is 7.48. The maximum Gasteiger partial charge on any atom is 0.142 e.